The van der Waals surface area contributed by atoms with Crippen molar-refractivity contribution in [3.63, 3.8) is 0 Å². The van der Waals surface area contributed by atoms with Crippen LogP contribution in [-0.2, 0) is 19.1 Å². The van der Waals surface area contributed by atoms with Crippen LogP contribution in [0.5, 0.6) is 0 Å². The number of nitrogens with one attached hydrogen (secondary N) is 4. The zero-order valence-electron chi connectivity index (χ0n) is 29.5. The third-order valence-electron chi connectivity index (χ3n) is 8.43. The number of ether oxygens (including phenoxy) is 2. The summed E-state index contributed by atoms with van der Waals surface area (Å²) in [6, 6.07) is 4.81. The number of methoxy groups -OCH3 is 1. The Hall–Kier alpha value is -5.43. The molecule has 1 aliphatic rings. The third-order valence-corrected chi connectivity index (χ3v) is 8.83. The van der Waals surface area contributed by atoms with E-state index in [1.165, 1.54) is 23.9 Å². The Morgan fingerprint density at radius 1 is 1.19 bits per heavy atom. The van der Waals surface area contributed by atoms with Crippen molar-refractivity contribution in [3.8, 4) is 12.1 Å². The van der Waals surface area contributed by atoms with E-state index in [9.17, 15) is 24.9 Å². The van der Waals surface area contributed by atoms with Crippen molar-refractivity contribution in [2.24, 2.45) is 17.4 Å². The van der Waals surface area contributed by atoms with Gasteiger partial charge < -0.3 is 47.1 Å². The number of hydrogen-bond acceptors (Lipinski definition) is 15. The van der Waals surface area contributed by atoms with Crippen molar-refractivity contribution in [2.45, 2.75) is 70.7 Å². The molecule has 0 unspecified atom stereocenters. The first-order valence-corrected chi connectivity index (χ1v) is 17.3. The molecular formula is C33H44ClN13O5. The molecule has 0 aliphatic carbocycles. The number of nitriles is 2. The van der Waals surface area contributed by atoms with Crippen LogP contribution < -0.4 is 37.6 Å². The van der Waals surface area contributed by atoms with Gasteiger partial charge in [0.25, 0.3) is 0 Å². The van der Waals surface area contributed by atoms with Gasteiger partial charge in [-0.1, -0.05) is 31.9 Å². The van der Waals surface area contributed by atoms with E-state index < -0.39 is 42.2 Å². The smallest absolute Gasteiger partial charge is 0.407 e. The van der Waals surface area contributed by atoms with Crippen LogP contribution in [0.3, 0.4) is 0 Å². The first kappa shape index (κ1) is 39.4. The fourth-order valence-electron chi connectivity index (χ4n) is 5.66. The molecule has 4 atom stereocenters. The number of halogens is 1. The summed E-state index contributed by atoms with van der Waals surface area (Å²) in [5.41, 5.74) is 13.2. The largest absolute Gasteiger partial charge is 0.457 e. The number of imidazole rings is 1. The molecule has 3 heterocycles. The number of piperidine rings is 1. The molecule has 1 aromatic carbocycles. The summed E-state index contributed by atoms with van der Waals surface area (Å²) in [5.74, 6) is -1.09. The number of aromatic nitrogens is 4. The van der Waals surface area contributed by atoms with Crippen molar-refractivity contribution >= 4 is 58.4 Å². The van der Waals surface area contributed by atoms with Gasteiger partial charge in [0.05, 0.1) is 60.0 Å². The van der Waals surface area contributed by atoms with E-state index in [4.69, 9.17) is 32.5 Å². The highest BCUT2D eigenvalue weighted by atomic mass is 35.5. The Balaban J connectivity index is 1.62. The van der Waals surface area contributed by atoms with Gasteiger partial charge in [0.15, 0.2) is 17.2 Å². The predicted octanol–water partition coefficient (Wildman–Crippen LogP) is 2.14. The first-order valence-electron chi connectivity index (χ1n) is 16.9. The number of amides is 2. The Labute approximate surface area is 306 Å². The number of rotatable bonds is 15. The molecule has 4 rings (SSSR count). The lowest BCUT2D eigenvalue weighted by atomic mass is 9.99. The number of nitrogens with two attached hydrogens (primary N) is 2. The van der Waals surface area contributed by atoms with E-state index in [2.05, 4.69) is 42.4 Å². The molecule has 0 saturated carbocycles. The lowest BCUT2D eigenvalue weighted by Crippen LogP contribution is -2.58. The first-order chi connectivity index (χ1) is 24.9. The molecule has 1 aliphatic heterocycles. The number of carbonyl (C=O) groups is 3. The molecule has 2 aromatic heterocycles. The SMILES string of the molecule is CCNc1nc(Nc2cc(C#N)cc(N3CC[C@@H](NC(=O)OC)[C@H](OC(=O)[C@@H](NC(=O)[C@@H](N)CCCCN)C(C)C)C3)c2Cl)nn2c(C#N)cnc12. The van der Waals surface area contributed by atoms with Crippen molar-refractivity contribution in [1.82, 2.24) is 30.2 Å². The number of alkyl carbamates (subject to hydrolysis) is 1. The summed E-state index contributed by atoms with van der Waals surface area (Å²) in [4.78, 5) is 49.4. The fraction of sp³-hybridized carbons (Fsp3) is 0.515. The van der Waals surface area contributed by atoms with Crippen molar-refractivity contribution in [2.75, 3.05) is 48.8 Å². The van der Waals surface area contributed by atoms with Gasteiger partial charge in [-0.05, 0) is 50.8 Å². The van der Waals surface area contributed by atoms with Crippen LogP contribution >= 0.6 is 11.6 Å². The monoisotopic (exact) mass is 737 g/mol. The van der Waals surface area contributed by atoms with Gasteiger partial charge in [0, 0.05) is 13.1 Å². The van der Waals surface area contributed by atoms with E-state index >= 15 is 0 Å². The summed E-state index contributed by atoms with van der Waals surface area (Å²) in [6.07, 6.45) is 1.85. The molecule has 3 aromatic rings. The lowest BCUT2D eigenvalue weighted by Gasteiger charge is -2.40. The summed E-state index contributed by atoms with van der Waals surface area (Å²) in [6.45, 7) is 6.82. The van der Waals surface area contributed by atoms with E-state index in [-0.39, 0.29) is 34.7 Å². The maximum Gasteiger partial charge on any atom is 0.407 e. The highest BCUT2D eigenvalue weighted by Gasteiger charge is 2.37. The van der Waals surface area contributed by atoms with Gasteiger partial charge >= 0.3 is 12.1 Å². The number of nitrogens with zero attached hydrogens (tertiary/aromatic N) is 7. The zero-order valence-corrected chi connectivity index (χ0v) is 30.2. The predicted molar refractivity (Wildman–Crippen MR) is 193 cm³/mol. The average Bonchev–Trinajstić information content (AvgIpc) is 3.55. The van der Waals surface area contributed by atoms with Gasteiger partial charge in [-0.25, -0.2) is 14.6 Å². The summed E-state index contributed by atoms with van der Waals surface area (Å²) in [7, 11) is 1.23. The Morgan fingerprint density at radius 3 is 2.62 bits per heavy atom. The number of hydrogen-bond donors (Lipinski definition) is 6. The number of esters is 1. The van der Waals surface area contributed by atoms with Crippen LogP contribution in [0.25, 0.3) is 5.65 Å². The topological polar surface area (TPSA) is 264 Å². The van der Waals surface area contributed by atoms with Gasteiger partial charge in [-0.3, -0.25) is 4.79 Å². The molecular weight excluding hydrogens is 694 g/mol. The van der Waals surface area contributed by atoms with Crippen LogP contribution in [0, 0.1) is 28.6 Å². The number of unbranched alkanes of at least 4 members (excludes halogenated alkanes) is 1. The molecule has 1 saturated heterocycles. The molecule has 0 bridgehead atoms. The normalized spacial score (nSPS) is 16.7. The summed E-state index contributed by atoms with van der Waals surface area (Å²) in [5, 5.41) is 35.8. The lowest BCUT2D eigenvalue weighted by molar-refractivity contribution is -0.156. The summed E-state index contributed by atoms with van der Waals surface area (Å²) < 4.78 is 12.2. The highest BCUT2D eigenvalue weighted by Crippen LogP contribution is 2.37. The van der Waals surface area contributed by atoms with E-state index in [0.29, 0.717) is 61.7 Å². The van der Waals surface area contributed by atoms with Crippen LogP contribution in [0.4, 0.5) is 27.9 Å². The molecule has 0 spiro atoms. The standard InChI is InChI=1S/C33H44ClN13O5/c1-5-39-28-29-40-16-20(15-37)47(29)45-32(44-28)41-23-12-19(14-36)13-24(26(23)34)46-11-9-22(42-33(50)51-4)25(17-46)52-31(49)27(18(2)3)43-30(48)21(38)8-6-7-10-35/h12-13,16,18,21-22,25,27H,5-11,17,35,38H2,1-4H3,(H,42,50)(H,43,48)(H2,39,41,44,45)/t21-,22+,25+,27-/m0/s1. The van der Waals surface area contributed by atoms with E-state index in [1.54, 1.807) is 19.9 Å². The molecule has 19 heteroatoms. The Morgan fingerprint density at radius 2 is 1.96 bits per heavy atom. The van der Waals surface area contributed by atoms with Crippen LogP contribution in [0.2, 0.25) is 5.02 Å². The highest BCUT2D eigenvalue weighted by molar-refractivity contribution is 6.36. The van der Waals surface area contributed by atoms with Crippen molar-refractivity contribution < 1.29 is 23.9 Å². The minimum atomic E-state index is -1.02. The minimum absolute atomic E-state index is 0.0550. The molecule has 52 heavy (non-hydrogen) atoms. The quantitative estimate of drug-likeness (QED) is 0.0964. The van der Waals surface area contributed by atoms with Crippen LogP contribution in [-0.4, -0.2) is 95.1 Å². The maximum absolute atomic E-state index is 13.7. The Bertz CT molecular complexity index is 1840. The van der Waals surface area contributed by atoms with Crippen LogP contribution in [0.1, 0.15) is 57.7 Å². The van der Waals surface area contributed by atoms with E-state index in [1.807, 2.05) is 17.9 Å². The number of fused-ring (bicyclic) bond motifs is 1. The second-order valence-corrected chi connectivity index (χ2v) is 12.9. The molecule has 18 nitrogen and oxygen atoms in total. The van der Waals surface area contributed by atoms with Crippen LogP contribution in [0.15, 0.2) is 18.3 Å². The number of carbonyl (C=O) groups excluding carboxylic acids is 3. The maximum atomic E-state index is 13.7. The second kappa shape index (κ2) is 18.2. The van der Waals surface area contributed by atoms with Crippen molar-refractivity contribution in [1.29, 1.82) is 10.5 Å². The molecule has 1 fully saturated rings. The molecule has 2 amide bonds. The van der Waals surface area contributed by atoms with Crippen molar-refractivity contribution in [3.05, 3.63) is 34.6 Å². The molecule has 8 N–H and O–H groups in total. The zero-order chi connectivity index (χ0) is 37.9. The second-order valence-electron chi connectivity index (χ2n) is 12.5. The third kappa shape index (κ3) is 9.46. The number of anilines is 4. The van der Waals surface area contributed by atoms with Gasteiger partial charge in [0.1, 0.15) is 18.2 Å². The van der Waals surface area contributed by atoms with Gasteiger partial charge in [-0.2, -0.15) is 20.0 Å². The molecule has 278 valence electrons. The van der Waals surface area contributed by atoms with Gasteiger partial charge in [0.2, 0.25) is 11.9 Å². The van der Waals surface area contributed by atoms with E-state index in [0.717, 1.165) is 6.42 Å². The fourth-order valence-corrected chi connectivity index (χ4v) is 5.94. The minimum Gasteiger partial charge on any atom is -0.457 e. The average molecular weight is 738 g/mol. The van der Waals surface area contributed by atoms with Gasteiger partial charge in [-0.15, -0.1) is 5.10 Å². The molecule has 0 radical (unpaired) electrons. The summed E-state index contributed by atoms with van der Waals surface area (Å²) >= 11 is 6.98. The number of benzene rings is 1. The Kier molecular flexibility index (Phi) is 13.8.